The fraction of sp³-hybridized carbons (Fsp3) is 0.450. The van der Waals surface area contributed by atoms with Gasteiger partial charge in [-0.15, -0.1) is 0 Å². The highest BCUT2D eigenvalue weighted by Gasteiger charge is 2.31. The average molecular weight is 384 g/mol. The Labute approximate surface area is 161 Å². The average Bonchev–Trinajstić information content (AvgIpc) is 3.29. The van der Waals surface area contributed by atoms with Gasteiger partial charge in [0.25, 0.3) is 5.91 Å². The van der Waals surface area contributed by atoms with Gasteiger partial charge in [0, 0.05) is 38.3 Å². The van der Waals surface area contributed by atoms with E-state index in [1.807, 2.05) is 13.0 Å². The first-order chi connectivity index (χ1) is 13.6. The van der Waals surface area contributed by atoms with E-state index >= 15 is 0 Å². The van der Waals surface area contributed by atoms with Crippen molar-refractivity contribution in [2.75, 3.05) is 19.8 Å². The quantitative estimate of drug-likeness (QED) is 0.679. The molecule has 0 unspecified atom stereocenters. The summed E-state index contributed by atoms with van der Waals surface area (Å²) in [6, 6.07) is 3.55. The fourth-order valence-corrected chi connectivity index (χ4v) is 3.92. The van der Waals surface area contributed by atoms with Crippen LogP contribution >= 0.6 is 0 Å². The number of carbonyl (C=O) groups excluding carboxylic acids is 1. The highest BCUT2D eigenvalue weighted by atomic mass is 19.1. The first kappa shape index (κ1) is 17.4. The van der Waals surface area contributed by atoms with E-state index in [4.69, 9.17) is 9.15 Å². The fourth-order valence-electron chi connectivity index (χ4n) is 3.92. The van der Waals surface area contributed by atoms with Gasteiger partial charge in [0.1, 0.15) is 17.1 Å². The van der Waals surface area contributed by atoms with Gasteiger partial charge in [-0.2, -0.15) is 4.39 Å². The summed E-state index contributed by atoms with van der Waals surface area (Å²) >= 11 is 0. The SMILES string of the molecule is Cc1ccc2nc(C(=O)N3CCc4oc(C5CCOCC5)nc4C3)c(F)n2c1. The second-order valence-corrected chi connectivity index (χ2v) is 7.47. The number of carbonyl (C=O) groups is 1. The molecule has 3 aromatic heterocycles. The number of aryl methyl sites for hydroxylation is 1. The Morgan fingerprint density at radius 2 is 2.07 bits per heavy atom. The number of rotatable bonds is 2. The Morgan fingerprint density at radius 1 is 1.25 bits per heavy atom. The van der Waals surface area contributed by atoms with E-state index in [9.17, 15) is 9.18 Å². The number of amides is 1. The minimum Gasteiger partial charge on any atom is -0.445 e. The molecule has 0 spiro atoms. The Bertz CT molecular complexity index is 1050. The van der Waals surface area contributed by atoms with Gasteiger partial charge in [0.15, 0.2) is 11.6 Å². The number of halogens is 1. The molecule has 0 bridgehead atoms. The first-order valence-electron chi connectivity index (χ1n) is 9.60. The molecule has 0 N–H and O–H groups in total. The van der Waals surface area contributed by atoms with Crippen LogP contribution in [0.1, 0.15) is 52.2 Å². The minimum absolute atomic E-state index is 0.151. The van der Waals surface area contributed by atoms with E-state index in [0.717, 1.165) is 49.0 Å². The van der Waals surface area contributed by atoms with Gasteiger partial charge in [-0.25, -0.2) is 9.97 Å². The molecule has 1 amide bonds. The number of oxazole rings is 1. The van der Waals surface area contributed by atoms with Crippen LogP contribution in [0.15, 0.2) is 22.7 Å². The molecule has 5 heterocycles. The molecule has 0 radical (unpaired) electrons. The zero-order valence-electron chi connectivity index (χ0n) is 15.7. The molecule has 8 heteroatoms. The highest BCUT2D eigenvalue weighted by Crippen LogP contribution is 2.30. The number of aromatic nitrogens is 3. The van der Waals surface area contributed by atoms with Crippen LogP contribution in [0, 0.1) is 12.9 Å². The largest absolute Gasteiger partial charge is 0.445 e. The standard InChI is InChI=1S/C20H21FN4O3/c1-12-2-3-16-23-17(18(21)25(16)10-12)20(26)24-7-4-15-14(11-24)22-19(28-15)13-5-8-27-9-6-13/h2-3,10,13H,4-9,11H2,1H3. The lowest BCUT2D eigenvalue weighted by Gasteiger charge is -2.24. The summed E-state index contributed by atoms with van der Waals surface area (Å²) < 4.78 is 27.4. The third kappa shape index (κ3) is 2.88. The van der Waals surface area contributed by atoms with Gasteiger partial charge in [0.05, 0.1) is 6.54 Å². The molecule has 28 heavy (non-hydrogen) atoms. The highest BCUT2D eigenvalue weighted by molar-refractivity contribution is 5.93. The van der Waals surface area contributed by atoms with E-state index < -0.39 is 11.9 Å². The van der Waals surface area contributed by atoms with Gasteiger partial charge < -0.3 is 14.1 Å². The van der Waals surface area contributed by atoms with Crippen LogP contribution in [-0.4, -0.2) is 44.9 Å². The second kappa shape index (κ2) is 6.70. The van der Waals surface area contributed by atoms with Crippen LogP contribution < -0.4 is 0 Å². The number of nitrogens with zero attached hydrogens (tertiary/aromatic N) is 4. The van der Waals surface area contributed by atoms with Crippen molar-refractivity contribution in [3.05, 3.63) is 52.9 Å². The van der Waals surface area contributed by atoms with E-state index in [0.29, 0.717) is 25.2 Å². The topological polar surface area (TPSA) is 72.9 Å². The van der Waals surface area contributed by atoms with E-state index in [1.165, 1.54) is 4.40 Å². The minimum atomic E-state index is -0.627. The number of imidazole rings is 1. The van der Waals surface area contributed by atoms with Crippen LogP contribution in [0.2, 0.25) is 0 Å². The lowest BCUT2D eigenvalue weighted by molar-refractivity contribution is 0.0715. The van der Waals surface area contributed by atoms with Gasteiger partial charge in [-0.1, -0.05) is 6.07 Å². The number of hydrogen-bond donors (Lipinski definition) is 0. The zero-order valence-corrected chi connectivity index (χ0v) is 15.7. The van der Waals surface area contributed by atoms with Gasteiger partial charge in [-0.05, 0) is 31.4 Å². The third-order valence-electron chi connectivity index (χ3n) is 5.51. The zero-order chi connectivity index (χ0) is 19.3. The number of ether oxygens (including phenoxy) is 1. The molecule has 0 aromatic carbocycles. The number of pyridine rings is 1. The lowest BCUT2D eigenvalue weighted by Crippen LogP contribution is -2.36. The van der Waals surface area contributed by atoms with Crippen molar-refractivity contribution in [3.63, 3.8) is 0 Å². The maximum absolute atomic E-state index is 14.8. The van der Waals surface area contributed by atoms with Crippen LogP contribution in [-0.2, 0) is 17.7 Å². The molecule has 0 atom stereocenters. The van der Waals surface area contributed by atoms with Crippen molar-refractivity contribution in [3.8, 4) is 0 Å². The summed E-state index contributed by atoms with van der Waals surface area (Å²) in [6.45, 7) is 4.07. The van der Waals surface area contributed by atoms with E-state index in [1.54, 1.807) is 17.2 Å². The third-order valence-corrected chi connectivity index (χ3v) is 5.51. The molecule has 7 nitrogen and oxygen atoms in total. The molecule has 2 aliphatic rings. The van der Waals surface area contributed by atoms with Crippen LogP contribution in [0.25, 0.3) is 5.65 Å². The first-order valence-corrected chi connectivity index (χ1v) is 9.60. The van der Waals surface area contributed by atoms with Crippen LogP contribution in [0.3, 0.4) is 0 Å². The molecular weight excluding hydrogens is 363 g/mol. The molecule has 1 saturated heterocycles. The summed E-state index contributed by atoms with van der Waals surface area (Å²) in [6.07, 6.45) is 4.01. The molecule has 2 aliphatic heterocycles. The van der Waals surface area contributed by atoms with E-state index in [2.05, 4.69) is 9.97 Å². The van der Waals surface area contributed by atoms with Crippen molar-refractivity contribution in [2.45, 2.75) is 38.6 Å². The van der Waals surface area contributed by atoms with Crippen LogP contribution in [0.4, 0.5) is 4.39 Å². The monoisotopic (exact) mass is 384 g/mol. The maximum atomic E-state index is 14.8. The lowest BCUT2D eigenvalue weighted by atomic mass is 10.0. The molecule has 146 valence electrons. The van der Waals surface area contributed by atoms with Crippen molar-refractivity contribution in [1.82, 2.24) is 19.3 Å². The molecular formula is C20H21FN4O3. The van der Waals surface area contributed by atoms with E-state index in [-0.39, 0.29) is 11.6 Å². The predicted octanol–water partition coefficient (Wildman–Crippen LogP) is 2.86. The Morgan fingerprint density at radius 3 is 2.89 bits per heavy atom. The number of hydrogen-bond acceptors (Lipinski definition) is 5. The molecule has 0 aliphatic carbocycles. The second-order valence-electron chi connectivity index (χ2n) is 7.47. The van der Waals surface area contributed by atoms with Gasteiger partial charge >= 0.3 is 0 Å². The summed E-state index contributed by atoms with van der Waals surface area (Å²) in [5.74, 6) is 0.786. The van der Waals surface area contributed by atoms with Gasteiger partial charge in [0.2, 0.25) is 5.95 Å². The van der Waals surface area contributed by atoms with Crippen molar-refractivity contribution in [2.24, 2.45) is 0 Å². The normalized spacial score (nSPS) is 17.9. The molecule has 5 rings (SSSR count). The van der Waals surface area contributed by atoms with Crippen molar-refractivity contribution < 1.29 is 18.3 Å². The molecule has 3 aromatic rings. The Balaban J connectivity index is 1.39. The van der Waals surface area contributed by atoms with Gasteiger partial charge in [-0.3, -0.25) is 9.20 Å². The molecule has 1 fully saturated rings. The van der Waals surface area contributed by atoms with Crippen molar-refractivity contribution >= 4 is 11.6 Å². The molecule has 0 saturated carbocycles. The summed E-state index contributed by atoms with van der Waals surface area (Å²) in [5, 5.41) is 0. The van der Waals surface area contributed by atoms with Crippen molar-refractivity contribution in [1.29, 1.82) is 0 Å². The summed E-state index contributed by atoms with van der Waals surface area (Å²) in [5.41, 5.74) is 1.93. The smallest absolute Gasteiger partial charge is 0.277 e. The maximum Gasteiger partial charge on any atom is 0.277 e. The Hall–Kier alpha value is -2.74. The van der Waals surface area contributed by atoms with Crippen LogP contribution in [0.5, 0.6) is 0 Å². The number of fused-ring (bicyclic) bond motifs is 2. The predicted molar refractivity (Wildman–Crippen MR) is 97.6 cm³/mol. The Kier molecular flexibility index (Phi) is 4.16. The summed E-state index contributed by atoms with van der Waals surface area (Å²) in [7, 11) is 0. The summed E-state index contributed by atoms with van der Waals surface area (Å²) in [4.78, 5) is 23.4.